The van der Waals surface area contributed by atoms with Crippen molar-refractivity contribution in [2.24, 2.45) is 0 Å². The van der Waals surface area contributed by atoms with Gasteiger partial charge in [-0.2, -0.15) is 0 Å². The molecule has 0 aromatic heterocycles. The third-order valence-corrected chi connectivity index (χ3v) is 4.70. The molecule has 1 saturated carbocycles. The zero-order valence-corrected chi connectivity index (χ0v) is 13.1. The highest BCUT2D eigenvalue weighted by Gasteiger charge is 2.39. The fourth-order valence-electron chi connectivity index (χ4n) is 3.53. The van der Waals surface area contributed by atoms with E-state index in [0.29, 0.717) is 6.04 Å². The van der Waals surface area contributed by atoms with E-state index in [1.165, 1.54) is 30.4 Å². The number of hydrogen-bond donors (Lipinski definition) is 0. The number of fused-ring (bicyclic) bond motifs is 1. The van der Waals surface area contributed by atoms with Crippen LogP contribution in [0.5, 0.6) is 0 Å². The number of hydrogen-bond acceptors (Lipinski definition) is 1. The SMILES string of the molecule is CCC=C(C)C(=O)N(C1CC1)C1CCCc2ccccc21. The number of carbonyl (C=O) groups excluding carboxylic acids is 1. The molecule has 1 atom stereocenters. The number of benzene rings is 1. The van der Waals surface area contributed by atoms with Gasteiger partial charge in [0.25, 0.3) is 0 Å². The molecule has 0 saturated heterocycles. The van der Waals surface area contributed by atoms with Crippen LogP contribution < -0.4 is 0 Å². The summed E-state index contributed by atoms with van der Waals surface area (Å²) in [5.74, 6) is 0.251. The minimum atomic E-state index is 0.251. The van der Waals surface area contributed by atoms with E-state index < -0.39 is 0 Å². The van der Waals surface area contributed by atoms with Crippen molar-refractivity contribution in [2.75, 3.05) is 0 Å². The molecule has 2 aliphatic rings. The normalized spacial score (nSPS) is 21.8. The molecule has 2 aliphatic carbocycles. The molecule has 1 unspecified atom stereocenters. The first-order chi connectivity index (χ1) is 10.2. The van der Waals surface area contributed by atoms with Crippen LogP contribution >= 0.6 is 0 Å². The highest BCUT2D eigenvalue weighted by molar-refractivity contribution is 5.93. The number of rotatable bonds is 4. The average Bonchev–Trinajstić information content (AvgIpc) is 3.33. The van der Waals surface area contributed by atoms with Crippen LogP contribution in [-0.2, 0) is 11.2 Å². The molecule has 1 fully saturated rings. The Morgan fingerprint density at radius 1 is 1.29 bits per heavy atom. The largest absolute Gasteiger partial charge is 0.329 e. The summed E-state index contributed by atoms with van der Waals surface area (Å²) >= 11 is 0. The summed E-state index contributed by atoms with van der Waals surface area (Å²) in [6.07, 6.45) is 8.79. The number of allylic oxidation sites excluding steroid dienone is 1. The Balaban J connectivity index is 1.92. The summed E-state index contributed by atoms with van der Waals surface area (Å²) in [4.78, 5) is 15.1. The van der Waals surface area contributed by atoms with Gasteiger partial charge in [0.1, 0.15) is 0 Å². The Morgan fingerprint density at radius 2 is 2.05 bits per heavy atom. The molecule has 3 rings (SSSR count). The van der Waals surface area contributed by atoms with Crippen molar-refractivity contribution in [3.8, 4) is 0 Å². The molecule has 2 heteroatoms. The Bertz CT molecular complexity index is 556. The zero-order valence-electron chi connectivity index (χ0n) is 13.1. The molecule has 0 bridgehead atoms. The van der Waals surface area contributed by atoms with E-state index in [4.69, 9.17) is 0 Å². The first-order valence-corrected chi connectivity index (χ1v) is 8.29. The van der Waals surface area contributed by atoms with Crippen LogP contribution in [0.2, 0.25) is 0 Å². The molecule has 0 spiro atoms. The molecule has 112 valence electrons. The maximum atomic E-state index is 12.9. The van der Waals surface area contributed by atoms with Crippen molar-refractivity contribution in [1.29, 1.82) is 0 Å². The van der Waals surface area contributed by atoms with Gasteiger partial charge in [-0.15, -0.1) is 0 Å². The molecule has 1 amide bonds. The molecule has 0 heterocycles. The zero-order chi connectivity index (χ0) is 14.8. The van der Waals surface area contributed by atoms with Crippen LogP contribution in [-0.4, -0.2) is 16.8 Å². The number of carbonyl (C=O) groups is 1. The second-order valence-corrected chi connectivity index (χ2v) is 6.35. The monoisotopic (exact) mass is 283 g/mol. The van der Waals surface area contributed by atoms with Gasteiger partial charge in [0.05, 0.1) is 6.04 Å². The minimum absolute atomic E-state index is 0.251. The number of amides is 1. The van der Waals surface area contributed by atoms with E-state index >= 15 is 0 Å². The summed E-state index contributed by atoms with van der Waals surface area (Å²) in [6, 6.07) is 9.43. The predicted molar refractivity (Wildman–Crippen MR) is 86.0 cm³/mol. The van der Waals surface area contributed by atoms with Crippen LogP contribution in [0.25, 0.3) is 0 Å². The summed E-state index contributed by atoms with van der Waals surface area (Å²) in [5, 5.41) is 0. The highest BCUT2D eigenvalue weighted by atomic mass is 16.2. The van der Waals surface area contributed by atoms with E-state index in [2.05, 4.69) is 42.2 Å². The number of aryl methyl sites for hydroxylation is 1. The van der Waals surface area contributed by atoms with Gasteiger partial charge in [0.2, 0.25) is 5.91 Å². The van der Waals surface area contributed by atoms with Crippen molar-refractivity contribution < 1.29 is 4.79 Å². The second-order valence-electron chi connectivity index (χ2n) is 6.35. The Hall–Kier alpha value is -1.57. The Morgan fingerprint density at radius 3 is 2.76 bits per heavy atom. The second kappa shape index (κ2) is 6.05. The smallest absolute Gasteiger partial charge is 0.249 e. The van der Waals surface area contributed by atoms with Gasteiger partial charge in [-0.25, -0.2) is 0 Å². The maximum Gasteiger partial charge on any atom is 0.249 e. The van der Waals surface area contributed by atoms with Crippen molar-refractivity contribution in [3.05, 3.63) is 47.0 Å². The summed E-state index contributed by atoms with van der Waals surface area (Å²) < 4.78 is 0. The lowest BCUT2D eigenvalue weighted by Gasteiger charge is -2.36. The first-order valence-electron chi connectivity index (χ1n) is 8.29. The molecule has 1 aromatic carbocycles. The van der Waals surface area contributed by atoms with E-state index in [1.54, 1.807) is 0 Å². The molecule has 0 N–H and O–H groups in total. The van der Waals surface area contributed by atoms with E-state index in [9.17, 15) is 4.79 Å². The van der Waals surface area contributed by atoms with E-state index in [0.717, 1.165) is 24.8 Å². The van der Waals surface area contributed by atoms with Crippen LogP contribution in [0.15, 0.2) is 35.9 Å². The molecule has 0 radical (unpaired) electrons. The topological polar surface area (TPSA) is 20.3 Å². The lowest BCUT2D eigenvalue weighted by atomic mass is 9.86. The van der Waals surface area contributed by atoms with Gasteiger partial charge < -0.3 is 4.90 Å². The fraction of sp³-hybridized carbons (Fsp3) is 0.526. The van der Waals surface area contributed by atoms with Crippen molar-refractivity contribution >= 4 is 5.91 Å². The third-order valence-electron chi connectivity index (χ3n) is 4.70. The minimum Gasteiger partial charge on any atom is -0.329 e. The van der Waals surface area contributed by atoms with Crippen LogP contribution in [0.3, 0.4) is 0 Å². The summed E-state index contributed by atoms with van der Waals surface area (Å²) in [6.45, 7) is 4.06. The fourth-order valence-corrected chi connectivity index (χ4v) is 3.53. The quantitative estimate of drug-likeness (QED) is 0.749. The lowest BCUT2D eigenvalue weighted by molar-refractivity contribution is -0.130. The van der Waals surface area contributed by atoms with Crippen LogP contribution in [0.1, 0.15) is 63.1 Å². The van der Waals surface area contributed by atoms with Gasteiger partial charge in [0.15, 0.2) is 0 Å². The van der Waals surface area contributed by atoms with Gasteiger partial charge in [-0.05, 0) is 56.6 Å². The van der Waals surface area contributed by atoms with Gasteiger partial charge in [-0.3, -0.25) is 4.79 Å². The molecule has 0 aliphatic heterocycles. The molecular formula is C19H25NO. The van der Waals surface area contributed by atoms with Gasteiger partial charge in [0, 0.05) is 11.6 Å². The molecule has 2 nitrogen and oxygen atoms in total. The summed E-state index contributed by atoms with van der Waals surface area (Å²) in [5.41, 5.74) is 3.73. The van der Waals surface area contributed by atoms with Crippen molar-refractivity contribution in [1.82, 2.24) is 4.90 Å². The van der Waals surface area contributed by atoms with E-state index in [-0.39, 0.29) is 11.9 Å². The molecule has 21 heavy (non-hydrogen) atoms. The van der Waals surface area contributed by atoms with Crippen LogP contribution in [0.4, 0.5) is 0 Å². The van der Waals surface area contributed by atoms with Gasteiger partial charge >= 0.3 is 0 Å². The maximum absolute atomic E-state index is 12.9. The predicted octanol–water partition coefficient (Wildman–Crippen LogP) is 4.41. The van der Waals surface area contributed by atoms with Crippen molar-refractivity contribution in [2.45, 2.75) is 64.5 Å². The molecule has 1 aromatic rings. The first kappa shape index (κ1) is 14.4. The Kier molecular flexibility index (Phi) is 4.14. The standard InChI is InChI=1S/C19H25NO/c1-3-7-14(2)19(21)20(16-12-13-16)18-11-6-9-15-8-4-5-10-17(15)18/h4-5,7-8,10,16,18H,3,6,9,11-13H2,1-2H3. The van der Waals surface area contributed by atoms with Crippen LogP contribution in [0, 0.1) is 0 Å². The number of nitrogens with zero attached hydrogens (tertiary/aromatic N) is 1. The van der Waals surface area contributed by atoms with Gasteiger partial charge in [-0.1, -0.05) is 37.3 Å². The van der Waals surface area contributed by atoms with E-state index in [1.807, 2.05) is 6.92 Å². The highest BCUT2D eigenvalue weighted by Crippen LogP contribution is 2.41. The average molecular weight is 283 g/mol. The Labute approximate surface area is 127 Å². The third kappa shape index (κ3) is 2.90. The van der Waals surface area contributed by atoms with Crippen molar-refractivity contribution in [3.63, 3.8) is 0 Å². The lowest BCUT2D eigenvalue weighted by Crippen LogP contribution is -2.38. The molecular weight excluding hydrogens is 258 g/mol. The summed E-state index contributed by atoms with van der Waals surface area (Å²) in [7, 11) is 0.